The lowest BCUT2D eigenvalue weighted by atomic mass is 10.4. The fraction of sp³-hybridized carbons (Fsp3) is 0.467. The highest BCUT2D eigenvalue weighted by molar-refractivity contribution is 7.98. The Morgan fingerprint density at radius 3 is 2.96 bits per heavy atom. The van der Waals surface area contributed by atoms with Crippen molar-refractivity contribution in [3.05, 3.63) is 39.0 Å². The zero-order valence-electron chi connectivity index (χ0n) is 13.0. The van der Waals surface area contributed by atoms with Crippen LogP contribution in [0.2, 0.25) is 0 Å². The van der Waals surface area contributed by atoms with Crippen LogP contribution in [0.5, 0.6) is 0 Å². The topological polar surface area (TPSA) is 65.1 Å². The van der Waals surface area contributed by atoms with Gasteiger partial charge in [-0.3, -0.25) is 9.20 Å². The van der Waals surface area contributed by atoms with Crippen LogP contribution in [0.1, 0.15) is 42.9 Å². The van der Waals surface area contributed by atoms with Crippen LogP contribution < -0.4 is 5.56 Å². The molecule has 0 radical (unpaired) electrons. The van der Waals surface area contributed by atoms with Crippen LogP contribution in [-0.4, -0.2) is 24.1 Å². The maximum atomic E-state index is 12.2. The van der Waals surface area contributed by atoms with Gasteiger partial charge in [0.05, 0.1) is 5.69 Å². The van der Waals surface area contributed by atoms with Gasteiger partial charge >= 0.3 is 0 Å². The van der Waals surface area contributed by atoms with Gasteiger partial charge in [0.2, 0.25) is 0 Å². The Hall–Kier alpha value is -1.67. The standard InChI is InChI=1S/C15H17N5OS2/c1-3-19-13(10-4-5-10)17-18-15(19)23-8-11-6-12(21)20-9(2)7-22-14(20)16-11/h6-7,10H,3-5,8H2,1-2H3. The molecule has 8 heteroatoms. The molecule has 3 aromatic heterocycles. The van der Waals surface area contributed by atoms with Crippen molar-refractivity contribution in [1.82, 2.24) is 24.1 Å². The molecule has 0 unspecified atom stereocenters. The highest BCUT2D eigenvalue weighted by atomic mass is 32.2. The second kappa shape index (κ2) is 5.76. The maximum absolute atomic E-state index is 12.2. The van der Waals surface area contributed by atoms with Gasteiger partial charge in [-0.2, -0.15) is 0 Å². The van der Waals surface area contributed by atoms with Crippen molar-refractivity contribution >= 4 is 28.1 Å². The summed E-state index contributed by atoms with van der Waals surface area (Å²) in [6.45, 7) is 4.91. The van der Waals surface area contributed by atoms with E-state index in [2.05, 4.69) is 26.7 Å². The molecule has 0 saturated heterocycles. The number of fused-ring (bicyclic) bond motifs is 1. The second-order valence-electron chi connectivity index (χ2n) is 5.73. The van der Waals surface area contributed by atoms with Gasteiger partial charge in [0, 0.05) is 35.4 Å². The van der Waals surface area contributed by atoms with Crippen LogP contribution in [0.4, 0.5) is 0 Å². The molecule has 4 rings (SSSR count). The molecule has 0 spiro atoms. The number of aromatic nitrogens is 5. The van der Waals surface area contributed by atoms with Gasteiger partial charge in [-0.1, -0.05) is 11.8 Å². The Labute approximate surface area is 141 Å². The molecule has 0 bridgehead atoms. The smallest absolute Gasteiger partial charge is 0.258 e. The Balaban J connectivity index is 1.58. The predicted molar refractivity (Wildman–Crippen MR) is 91.3 cm³/mol. The Morgan fingerprint density at radius 2 is 2.22 bits per heavy atom. The zero-order valence-corrected chi connectivity index (χ0v) is 14.7. The van der Waals surface area contributed by atoms with Crippen LogP contribution in [0.25, 0.3) is 4.96 Å². The minimum absolute atomic E-state index is 0.0139. The van der Waals surface area contributed by atoms with E-state index >= 15 is 0 Å². The third-order valence-electron chi connectivity index (χ3n) is 3.98. The fourth-order valence-electron chi connectivity index (χ4n) is 2.66. The average molecular weight is 347 g/mol. The number of nitrogens with zero attached hydrogens (tertiary/aromatic N) is 5. The number of rotatable bonds is 5. The predicted octanol–water partition coefficient (Wildman–Crippen LogP) is 2.85. The van der Waals surface area contributed by atoms with E-state index in [4.69, 9.17) is 0 Å². The first-order valence-electron chi connectivity index (χ1n) is 7.70. The van der Waals surface area contributed by atoms with Crippen molar-refractivity contribution in [2.45, 2.75) is 50.1 Å². The van der Waals surface area contributed by atoms with Gasteiger partial charge in [-0.05, 0) is 26.7 Å². The monoisotopic (exact) mass is 347 g/mol. The largest absolute Gasteiger partial charge is 0.306 e. The van der Waals surface area contributed by atoms with E-state index in [1.54, 1.807) is 22.2 Å². The summed E-state index contributed by atoms with van der Waals surface area (Å²) in [5.74, 6) is 2.32. The lowest BCUT2D eigenvalue weighted by molar-refractivity contribution is 0.643. The summed E-state index contributed by atoms with van der Waals surface area (Å²) >= 11 is 3.10. The molecule has 0 amide bonds. The Morgan fingerprint density at radius 1 is 1.39 bits per heavy atom. The minimum atomic E-state index is -0.0139. The molecule has 120 valence electrons. The molecule has 0 aromatic carbocycles. The number of hydrogen-bond acceptors (Lipinski definition) is 6. The molecule has 0 aliphatic heterocycles. The quantitative estimate of drug-likeness (QED) is 0.664. The summed E-state index contributed by atoms with van der Waals surface area (Å²) in [6, 6.07) is 1.62. The first-order valence-corrected chi connectivity index (χ1v) is 9.56. The van der Waals surface area contributed by atoms with Crippen LogP contribution in [0.15, 0.2) is 21.4 Å². The number of aryl methyl sites for hydroxylation is 1. The Bertz CT molecular complexity index is 922. The van der Waals surface area contributed by atoms with Gasteiger partial charge in [-0.25, -0.2) is 4.98 Å². The van der Waals surface area contributed by atoms with Gasteiger partial charge in [0.25, 0.3) is 5.56 Å². The van der Waals surface area contributed by atoms with Crippen LogP contribution in [0.3, 0.4) is 0 Å². The van der Waals surface area contributed by atoms with Crippen LogP contribution in [0, 0.1) is 6.92 Å². The molecule has 0 atom stereocenters. The van der Waals surface area contributed by atoms with E-state index in [0.717, 1.165) is 33.9 Å². The van der Waals surface area contributed by atoms with E-state index in [1.807, 2.05) is 12.3 Å². The van der Waals surface area contributed by atoms with Gasteiger partial charge in [-0.15, -0.1) is 21.5 Å². The number of thioether (sulfide) groups is 1. The maximum Gasteiger partial charge on any atom is 0.258 e. The molecule has 6 nitrogen and oxygen atoms in total. The molecule has 1 saturated carbocycles. The molecular formula is C15H17N5OS2. The summed E-state index contributed by atoms with van der Waals surface area (Å²) < 4.78 is 3.83. The van der Waals surface area contributed by atoms with E-state index in [0.29, 0.717) is 11.7 Å². The second-order valence-corrected chi connectivity index (χ2v) is 7.51. The molecule has 1 fully saturated rings. The van der Waals surface area contributed by atoms with Gasteiger partial charge < -0.3 is 4.57 Å². The van der Waals surface area contributed by atoms with Crippen molar-refractivity contribution in [2.24, 2.45) is 0 Å². The molecular weight excluding hydrogens is 330 g/mol. The molecule has 3 heterocycles. The van der Waals surface area contributed by atoms with E-state index in [1.165, 1.54) is 24.2 Å². The normalized spacial score (nSPS) is 14.7. The summed E-state index contributed by atoms with van der Waals surface area (Å²) in [5, 5.41) is 11.5. The van der Waals surface area contributed by atoms with Crippen molar-refractivity contribution in [2.75, 3.05) is 0 Å². The van der Waals surface area contributed by atoms with Gasteiger partial charge in [0.1, 0.15) is 5.82 Å². The average Bonchev–Trinajstić information content (AvgIpc) is 3.19. The SMILES string of the molecule is CCn1c(SCc2cc(=O)n3c(C)csc3n2)nnc1C1CC1. The highest BCUT2D eigenvalue weighted by Gasteiger charge is 2.29. The fourth-order valence-corrected chi connectivity index (χ4v) is 4.45. The molecule has 3 aromatic rings. The van der Waals surface area contributed by atoms with Gasteiger partial charge in [0.15, 0.2) is 10.1 Å². The molecule has 1 aliphatic rings. The first-order chi connectivity index (χ1) is 11.2. The highest BCUT2D eigenvalue weighted by Crippen LogP contribution is 2.40. The van der Waals surface area contributed by atoms with E-state index in [-0.39, 0.29) is 5.56 Å². The Kier molecular flexibility index (Phi) is 3.73. The van der Waals surface area contributed by atoms with Crippen molar-refractivity contribution in [1.29, 1.82) is 0 Å². The third kappa shape index (κ3) is 2.70. The lowest BCUT2D eigenvalue weighted by Gasteiger charge is -2.06. The van der Waals surface area contributed by atoms with Crippen molar-refractivity contribution < 1.29 is 0 Å². The molecule has 1 aliphatic carbocycles. The van der Waals surface area contributed by atoms with Crippen molar-refractivity contribution in [3.8, 4) is 0 Å². The zero-order chi connectivity index (χ0) is 16.0. The summed E-state index contributed by atoms with van der Waals surface area (Å²) in [4.78, 5) is 17.5. The number of thiazole rings is 1. The van der Waals surface area contributed by atoms with Crippen molar-refractivity contribution in [3.63, 3.8) is 0 Å². The van der Waals surface area contributed by atoms with Crippen LogP contribution in [-0.2, 0) is 12.3 Å². The summed E-state index contributed by atoms with van der Waals surface area (Å²) in [7, 11) is 0. The minimum Gasteiger partial charge on any atom is -0.306 e. The third-order valence-corrected chi connectivity index (χ3v) is 5.93. The number of hydrogen-bond donors (Lipinski definition) is 0. The van der Waals surface area contributed by atoms with Crippen LogP contribution >= 0.6 is 23.1 Å². The first kappa shape index (κ1) is 14.9. The molecule has 0 N–H and O–H groups in total. The molecule has 23 heavy (non-hydrogen) atoms. The van der Waals surface area contributed by atoms with E-state index in [9.17, 15) is 4.79 Å². The van der Waals surface area contributed by atoms with E-state index < -0.39 is 0 Å². The lowest BCUT2D eigenvalue weighted by Crippen LogP contribution is -2.14. The summed E-state index contributed by atoms with van der Waals surface area (Å²) in [6.07, 6.45) is 2.44. The summed E-state index contributed by atoms with van der Waals surface area (Å²) in [5.41, 5.74) is 1.71.